The average molecular weight is 318 g/mol. The van der Waals surface area contributed by atoms with Crippen LogP contribution in [0.5, 0.6) is 5.75 Å². The lowest BCUT2D eigenvalue weighted by molar-refractivity contribution is 0.354. The third kappa shape index (κ3) is 3.97. The van der Waals surface area contributed by atoms with Crippen LogP contribution in [0.25, 0.3) is 0 Å². The molecule has 0 heterocycles. The van der Waals surface area contributed by atoms with Gasteiger partial charge in [0.15, 0.2) is 0 Å². The van der Waals surface area contributed by atoms with E-state index < -0.39 is 0 Å². The molecule has 0 amide bonds. The molecular weight excluding hydrogens is 292 g/mol. The van der Waals surface area contributed by atoms with Gasteiger partial charge in [-0.25, -0.2) is 0 Å². The fourth-order valence-corrected chi connectivity index (χ4v) is 3.26. The molecule has 0 saturated carbocycles. The van der Waals surface area contributed by atoms with Gasteiger partial charge in [0, 0.05) is 0 Å². The molecule has 24 heavy (non-hydrogen) atoms. The van der Waals surface area contributed by atoms with Gasteiger partial charge in [-0.2, -0.15) is 0 Å². The van der Waals surface area contributed by atoms with Gasteiger partial charge in [0.05, 0.1) is 0 Å². The van der Waals surface area contributed by atoms with E-state index in [0.717, 1.165) is 18.6 Å². The zero-order valence-corrected chi connectivity index (χ0v) is 14.7. The predicted molar refractivity (Wildman–Crippen MR) is 102 cm³/mol. The Balaban J connectivity index is 1.74. The number of rotatable bonds is 5. The molecule has 2 aliphatic carbocycles. The van der Waals surface area contributed by atoms with Gasteiger partial charge < -0.3 is 4.74 Å². The predicted octanol–water partition coefficient (Wildman–Crippen LogP) is 5.96. The summed E-state index contributed by atoms with van der Waals surface area (Å²) in [6, 6.07) is 8.51. The Hall–Kier alpha value is -2.28. The maximum Gasteiger partial charge on any atom is 0.119 e. The SMILES string of the molecule is CCCc1ccc(OCC2=CC=CCC3=C2C=CC=CC3C)cc1. The summed E-state index contributed by atoms with van der Waals surface area (Å²) in [5.74, 6) is 1.41. The molecule has 1 aromatic rings. The summed E-state index contributed by atoms with van der Waals surface area (Å²) in [6.45, 7) is 5.08. The fraction of sp³-hybridized carbons (Fsp3) is 0.304. The molecule has 0 N–H and O–H groups in total. The topological polar surface area (TPSA) is 9.23 Å². The zero-order valence-electron chi connectivity index (χ0n) is 14.7. The lowest BCUT2D eigenvalue weighted by atomic mass is 9.91. The normalized spacial score (nSPS) is 19.6. The van der Waals surface area contributed by atoms with Crippen LogP contribution in [0, 0.1) is 5.92 Å². The van der Waals surface area contributed by atoms with Crippen molar-refractivity contribution in [2.24, 2.45) is 5.92 Å². The molecule has 1 aromatic carbocycles. The van der Waals surface area contributed by atoms with Gasteiger partial charge in [-0.1, -0.05) is 80.5 Å². The van der Waals surface area contributed by atoms with Crippen molar-refractivity contribution >= 4 is 0 Å². The highest BCUT2D eigenvalue weighted by Gasteiger charge is 2.16. The summed E-state index contributed by atoms with van der Waals surface area (Å²) < 4.78 is 6.07. The molecule has 2 aliphatic rings. The van der Waals surface area contributed by atoms with Crippen molar-refractivity contribution in [3.63, 3.8) is 0 Å². The summed E-state index contributed by atoms with van der Waals surface area (Å²) in [4.78, 5) is 0. The van der Waals surface area contributed by atoms with Gasteiger partial charge in [-0.15, -0.1) is 0 Å². The van der Waals surface area contributed by atoms with Crippen molar-refractivity contribution in [3.05, 3.63) is 89.1 Å². The third-order valence-corrected chi connectivity index (χ3v) is 4.64. The summed E-state index contributed by atoms with van der Waals surface area (Å²) in [5.41, 5.74) is 5.43. The first kappa shape index (κ1) is 16.6. The van der Waals surface area contributed by atoms with Crippen LogP contribution in [0.15, 0.2) is 83.5 Å². The van der Waals surface area contributed by atoms with Crippen LogP contribution in [0.1, 0.15) is 32.3 Å². The first-order chi connectivity index (χ1) is 11.8. The minimum atomic E-state index is 0.467. The molecule has 0 bridgehead atoms. The molecule has 0 spiro atoms. The standard InChI is InChI=1S/C23H26O/c1-3-8-19-13-15-21(16-14-19)24-17-20-10-5-7-11-22-18(2)9-4-6-12-23(20)22/h4-7,9-10,12-16,18H,3,8,11,17H2,1-2H3. The Morgan fingerprint density at radius 1 is 1.08 bits per heavy atom. The maximum atomic E-state index is 6.07. The molecule has 1 nitrogen and oxygen atoms in total. The van der Waals surface area contributed by atoms with Crippen molar-refractivity contribution in [2.45, 2.75) is 33.1 Å². The smallest absolute Gasteiger partial charge is 0.119 e. The van der Waals surface area contributed by atoms with Gasteiger partial charge in [0.25, 0.3) is 0 Å². The zero-order chi connectivity index (χ0) is 16.8. The first-order valence-corrected chi connectivity index (χ1v) is 8.93. The summed E-state index contributed by atoms with van der Waals surface area (Å²) >= 11 is 0. The molecule has 0 fully saturated rings. The van der Waals surface area contributed by atoms with E-state index in [4.69, 9.17) is 4.74 Å². The minimum Gasteiger partial charge on any atom is -0.489 e. The monoisotopic (exact) mass is 318 g/mol. The van der Waals surface area contributed by atoms with E-state index in [1.807, 2.05) is 0 Å². The number of hydrogen-bond acceptors (Lipinski definition) is 1. The number of benzene rings is 1. The second kappa shape index (κ2) is 8.01. The minimum absolute atomic E-state index is 0.467. The molecule has 1 unspecified atom stereocenters. The van der Waals surface area contributed by atoms with Gasteiger partial charge in [-0.05, 0) is 47.6 Å². The van der Waals surface area contributed by atoms with E-state index in [9.17, 15) is 0 Å². The number of aryl methyl sites for hydroxylation is 1. The number of hydrogen-bond donors (Lipinski definition) is 0. The average Bonchev–Trinajstić information content (AvgIpc) is 2.90. The van der Waals surface area contributed by atoms with Crippen LogP contribution >= 0.6 is 0 Å². The van der Waals surface area contributed by atoms with Crippen LogP contribution < -0.4 is 4.74 Å². The molecule has 1 heteroatoms. The van der Waals surface area contributed by atoms with Crippen molar-refractivity contribution in [1.82, 2.24) is 0 Å². The highest BCUT2D eigenvalue weighted by Crippen LogP contribution is 2.31. The quantitative estimate of drug-likeness (QED) is 0.650. The van der Waals surface area contributed by atoms with Crippen LogP contribution in [-0.4, -0.2) is 6.61 Å². The lowest BCUT2D eigenvalue weighted by Crippen LogP contribution is -2.06. The Labute approximate surface area is 145 Å². The van der Waals surface area contributed by atoms with E-state index in [1.54, 1.807) is 0 Å². The van der Waals surface area contributed by atoms with Gasteiger partial charge >= 0.3 is 0 Å². The van der Waals surface area contributed by atoms with Crippen molar-refractivity contribution < 1.29 is 4.74 Å². The molecule has 3 rings (SSSR count). The summed E-state index contributed by atoms with van der Waals surface area (Å²) in [7, 11) is 0. The molecule has 0 aliphatic heterocycles. The number of allylic oxidation sites excluding steroid dienone is 8. The second-order valence-electron chi connectivity index (χ2n) is 6.48. The summed E-state index contributed by atoms with van der Waals surface area (Å²) in [5, 5.41) is 0. The third-order valence-electron chi connectivity index (χ3n) is 4.64. The highest BCUT2D eigenvalue weighted by molar-refractivity contribution is 5.51. The van der Waals surface area contributed by atoms with Gasteiger partial charge in [-0.3, -0.25) is 0 Å². The Kier molecular flexibility index (Phi) is 5.53. The Bertz CT molecular complexity index is 711. The number of ether oxygens (including phenoxy) is 1. The lowest BCUT2D eigenvalue weighted by Gasteiger charge is -2.17. The molecule has 1 atom stereocenters. The second-order valence-corrected chi connectivity index (χ2v) is 6.48. The van der Waals surface area contributed by atoms with E-state index in [2.05, 4.69) is 80.6 Å². The fourth-order valence-electron chi connectivity index (χ4n) is 3.26. The van der Waals surface area contributed by atoms with Crippen LogP contribution in [-0.2, 0) is 6.42 Å². The van der Waals surface area contributed by atoms with Gasteiger partial charge in [0.1, 0.15) is 12.4 Å². The van der Waals surface area contributed by atoms with Crippen molar-refractivity contribution in [3.8, 4) is 5.75 Å². The first-order valence-electron chi connectivity index (χ1n) is 8.93. The van der Waals surface area contributed by atoms with E-state index in [0.29, 0.717) is 12.5 Å². The van der Waals surface area contributed by atoms with E-state index >= 15 is 0 Å². The van der Waals surface area contributed by atoms with Gasteiger partial charge in [0.2, 0.25) is 0 Å². The van der Waals surface area contributed by atoms with E-state index in [-0.39, 0.29) is 0 Å². The largest absolute Gasteiger partial charge is 0.489 e. The molecule has 124 valence electrons. The molecule has 0 radical (unpaired) electrons. The van der Waals surface area contributed by atoms with Crippen molar-refractivity contribution in [1.29, 1.82) is 0 Å². The summed E-state index contributed by atoms with van der Waals surface area (Å²) in [6.07, 6.45) is 18.7. The van der Waals surface area contributed by atoms with Crippen LogP contribution in [0.2, 0.25) is 0 Å². The van der Waals surface area contributed by atoms with Crippen molar-refractivity contribution in [2.75, 3.05) is 6.61 Å². The Morgan fingerprint density at radius 2 is 1.92 bits per heavy atom. The highest BCUT2D eigenvalue weighted by atomic mass is 16.5. The van der Waals surface area contributed by atoms with Crippen LogP contribution in [0.3, 0.4) is 0 Å². The van der Waals surface area contributed by atoms with E-state index in [1.165, 1.54) is 28.7 Å². The van der Waals surface area contributed by atoms with Crippen LogP contribution in [0.4, 0.5) is 0 Å². The molecule has 0 saturated heterocycles. The maximum absolute atomic E-state index is 6.07. The Morgan fingerprint density at radius 3 is 2.71 bits per heavy atom. The molecular formula is C23H26O. The molecule has 0 aromatic heterocycles.